The second kappa shape index (κ2) is 6.42. The molecule has 1 aromatic carbocycles. The van der Waals surface area contributed by atoms with E-state index in [2.05, 4.69) is 26.5 Å². The van der Waals surface area contributed by atoms with Crippen molar-refractivity contribution in [1.82, 2.24) is 19.6 Å². The van der Waals surface area contributed by atoms with Gasteiger partial charge < -0.3 is 5.32 Å². The van der Waals surface area contributed by atoms with Crippen LogP contribution in [0.1, 0.15) is 11.1 Å². The van der Waals surface area contributed by atoms with E-state index in [0.29, 0.717) is 23.8 Å². The van der Waals surface area contributed by atoms with Crippen molar-refractivity contribution < 1.29 is 0 Å². The lowest BCUT2D eigenvalue weighted by Gasteiger charge is -2.12. The molecule has 0 aliphatic heterocycles. The normalized spacial score (nSPS) is 10.5. The number of nitrogens with zero attached hydrogens (tertiary/aromatic N) is 5. The van der Waals surface area contributed by atoms with Gasteiger partial charge in [-0.05, 0) is 17.7 Å². The lowest BCUT2D eigenvalue weighted by atomic mass is 10.1. The molecule has 0 atom stereocenters. The van der Waals surface area contributed by atoms with E-state index in [-0.39, 0.29) is 0 Å². The van der Waals surface area contributed by atoms with Gasteiger partial charge >= 0.3 is 0 Å². The molecule has 0 spiro atoms. The Hall–Kier alpha value is -3.72. The van der Waals surface area contributed by atoms with Gasteiger partial charge in [0.25, 0.3) is 0 Å². The van der Waals surface area contributed by atoms with E-state index in [0.717, 1.165) is 16.6 Å². The molecule has 3 heterocycles. The fourth-order valence-corrected chi connectivity index (χ4v) is 2.71. The smallest absolute Gasteiger partial charge is 0.225 e. The van der Waals surface area contributed by atoms with Gasteiger partial charge in [-0.2, -0.15) is 14.9 Å². The van der Waals surface area contributed by atoms with E-state index in [1.165, 1.54) is 0 Å². The van der Waals surface area contributed by atoms with E-state index in [1.54, 1.807) is 23.1 Å². The van der Waals surface area contributed by atoms with Crippen LogP contribution in [-0.2, 0) is 6.54 Å². The van der Waals surface area contributed by atoms with Crippen LogP contribution in [0.2, 0.25) is 0 Å². The highest BCUT2D eigenvalue weighted by molar-refractivity contribution is 5.77. The van der Waals surface area contributed by atoms with Crippen LogP contribution in [0, 0.1) is 11.3 Å². The van der Waals surface area contributed by atoms with Gasteiger partial charge in [0.05, 0.1) is 17.4 Å². The minimum atomic E-state index is 0.510. The molecule has 0 unspecified atom stereocenters. The third kappa shape index (κ3) is 2.79. The van der Waals surface area contributed by atoms with Gasteiger partial charge in [-0.15, -0.1) is 0 Å². The monoisotopic (exact) mass is 326 g/mol. The molecule has 4 rings (SSSR count). The molecule has 4 aromatic rings. The topological polar surface area (TPSA) is 78.9 Å². The van der Waals surface area contributed by atoms with Gasteiger partial charge in [-0.25, -0.2) is 4.98 Å². The summed E-state index contributed by atoms with van der Waals surface area (Å²) in [6, 6.07) is 17.7. The summed E-state index contributed by atoms with van der Waals surface area (Å²) in [4.78, 5) is 8.79. The highest BCUT2D eigenvalue weighted by Gasteiger charge is 2.16. The van der Waals surface area contributed by atoms with Gasteiger partial charge in [-0.1, -0.05) is 36.4 Å². The standard InChI is InChI=1S/C19H14N6/c20-11-16-17-8-10-23-25(17)19(22-13-14-5-4-9-21-12-14)24-18(16)15-6-2-1-3-7-15/h1-10,12H,13H2,(H,22,24). The summed E-state index contributed by atoms with van der Waals surface area (Å²) in [7, 11) is 0. The molecule has 6 heteroatoms. The Bertz CT molecular complexity index is 1050. The lowest BCUT2D eigenvalue weighted by Crippen LogP contribution is -2.09. The molecule has 0 amide bonds. The zero-order chi connectivity index (χ0) is 17.1. The number of nitriles is 1. The van der Waals surface area contributed by atoms with Crippen LogP contribution in [0.4, 0.5) is 5.95 Å². The number of benzene rings is 1. The Kier molecular flexibility index (Phi) is 3.81. The van der Waals surface area contributed by atoms with Gasteiger partial charge in [0, 0.05) is 24.5 Å². The number of nitrogens with one attached hydrogen (secondary N) is 1. The fourth-order valence-electron chi connectivity index (χ4n) is 2.71. The zero-order valence-electron chi connectivity index (χ0n) is 13.3. The number of hydrogen-bond donors (Lipinski definition) is 1. The average molecular weight is 326 g/mol. The molecule has 0 fully saturated rings. The van der Waals surface area contributed by atoms with Crippen LogP contribution in [0.15, 0.2) is 67.1 Å². The maximum atomic E-state index is 9.64. The SMILES string of the molecule is N#Cc1c(-c2ccccc2)nc(NCc2cccnc2)n2nccc12. The molecule has 120 valence electrons. The average Bonchev–Trinajstić information content (AvgIpc) is 3.17. The maximum Gasteiger partial charge on any atom is 0.225 e. The van der Waals surface area contributed by atoms with Crippen LogP contribution in [0.25, 0.3) is 16.8 Å². The van der Waals surface area contributed by atoms with Gasteiger partial charge in [0.15, 0.2) is 0 Å². The molecular formula is C19H14N6. The first-order valence-electron chi connectivity index (χ1n) is 7.83. The third-order valence-electron chi connectivity index (χ3n) is 3.89. The van der Waals surface area contributed by atoms with Crippen molar-refractivity contribution in [3.63, 3.8) is 0 Å². The van der Waals surface area contributed by atoms with Gasteiger partial charge in [0.1, 0.15) is 11.6 Å². The summed E-state index contributed by atoms with van der Waals surface area (Å²) in [5, 5.41) is 17.2. The summed E-state index contributed by atoms with van der Waals surface area (Å²) >= 11 is 0. The molecule has 3 aromatic heterocycles. The van der Waals surface area contributed by atoms with Crippen LogP contribution < -0.4 is 5.32 Å². The quantitative estimate of drug-likeness (QED) is 0.622. The summed E-state index contributed by atoms with van der Waals surface area (Å²) < 4.78 is 1.65. The first-order valence-corrected chi connectivity index (χ1v) is 7.83. The fraction of sp³-hybridized carbons (Fsp3) is 0.0526. The minimum absolute atomic E-state index is 0.510. The Balaban J connectivity index is 1.82. The predicted molar refractivity (Wildman–Crippen MR) is 94.7 cm³/mol. The van der Waals surface area contributed by atoms with E-state index in [4.69, 9.17) is 0 Å². The number of rotatable bonds is 4. The lowest BCUT2D eigenvalue weighted by molar-refractivity contribution is 0.904. The molecule has 0 aliphatic rings. The Morgan fingerprint density at radius 2 is 1.92 bits per heavy atom. The van der Waals surface area contributed by atoms with E-state index in [9.17, 15) is 5.26 Å². The zero-order valence-corrected chi connectivity index (χ0v) is 13.3. The summed E-state index contributed by atoms with van der Waals surface area (Å²) in [5.41, 5.74) is 3.81. The van der Waals surface area contributed by atoms with Crippen LogP contribution in [-0.4, -0.2) is 19.6 Å². The van der Waals surface area contributed by atoms with E-state index >= 15 is 0 Å². The Labute approximate surface area is 144 Å². The number of fused-ring (bicyclic) bond motifs is 1. The van der Waals surface area contributed by atoms with Crippen molar-refractivity contribution in [1.29, 1.82) is 5.26 Å². The largest absolute Gasteiger partial charge is 0.350 e. The van der Waals surface area contributed by atoms with Crippen LogP contribution in [0.5, 0.6) is 0 Å². The molecule has 1 N–H and O–H groups in total. The molecule has 25 heavy (non-hydrogen) atoms. The molecule has 0 saturated carbocycles. The molecule has 6 nitrogen and oxygen atoms in total. The third-order valence-corrected chi connectivity index (χ3v) is 3.89. The van der Waals surface area contributed by atoms with Crippen molar-refractivity contribution in [3.05, 3.63) is 78.2 Å². The first kappa shape index (κ1) is 14.8. The molecule has 0 radical (unpaired) electrons. The van der Waals surface area contributed by atoms with Crippen molar-refractivity contribution in [2.75, 3.05) is 5.32 Å². The maximum absolute atomic E-state index is 9.64. The molecule has 0 saturated heterocycles. The molecule has 0 aliphatic carbocycles. The number of hydrogen-bond acceptors (Lipinski definition) is 5. The van der Waals surface area contributed by atoms with E-state index in [1.807, 2.05) is 48.5 Å². The number of aromatic nitrogens is 4. The van der Waals surface area contributed by atoms with Crippen LogP contribution >= 0.6 is 0 Å². The van der Waals surface area contributed by atoms with Crippen molar-refractivity contribution in [2.45, 2.75) is 6.54 Å². The number of pyridine rings is 1. The van der Waals surface area contributed by atoms with Crippen molar-refractivity contribution in [2.24, 2.45) is 0 Å². The molecular weight excluding hydrogens is 312 g/mol. The van der Waals surface area contributed by atoms with Crippen molar-refractivity contribution in [3.8, 4) is 17.3 Å². The Morgan fingerprint density at radius 3 is 2.68 bits per heavy atom. The minimum Gasteiger partial charge on any atom is -0.350 e. The highest BCUT2D eigenvalue weighted by atomic mass is 15.3. The summed E-state index contributed by atoms with van der Waals surface area (Å²) in [6.45, 7) is 0.565. The van der Waals surface area contributed by atoms with Crippen LogP contribution in [0.3, 0.4) is 0 Å². The summed E-state index contributed by atoms with van der Waals surface area (Å²) in [6.07, 6.45) is 5.21. The first-order chi connectivity index (χ1) is 12.4. The molecule has 0 bridgehead atoms. The number of anilines is 1. The van der Waals surface area contributed by atoms with E-state index < -0.39 is 0 Å². The summed E-state index contributed by atoms with van der Waals surface area (Å²) in [5.74, 6) is 0.585. The van der Waals surface area contributed by atoms with Gasteiger partial charge in [-0.3, -0.25) is 4.98 Å². The predicted octanol–water partition coefficient (Wildman–Crippen LogP) is 3.28. The second-order valence-corrected chi connectivity index (χ2v) is 5.48. The van der Waals surface area contributed by atoms with Gasteiger partial charge in [0.2, 0.25) is 5.95 Å². The Morgan fingerprint density at radius 1 is 1.04 bits per heavy atom. The highest BCUT2D eigenvalue weighted by Crippen LogP contribution is 2.26. The van der Waals surface area contributed by atoms with Crippen molar-refractivity contribution >= 4 is 11.5 Å². The second-order valence-electron chi connectivity index (χ2n) is 5.48.